The number of anilines is 1. The maximum Gasteiger partial charge on any atom is 0.0320 e. The summed E-state index contributed by atoms with van der Waals surface area (Å²) in [5, 5.41) is 0. The summed E-state index contributed by atoms with van der Waals surface area (Å²) in [7, 11) is 0. The molecular formula is C9H14N2. The Kier molecular flexibility index (Phi) is 2.15. The third-order valence-electron chi connectivity index (χ3n) is 1.65. The predicted molar refractivity (Wildman–Crippen MR) is 48.2 cm³/mol. The number of hydrogen-bond acceptors (Lipinski definition) is 2. The summed E-state index contributed by atoms with van der Waals surface area (Å²) in [6.07, 6.45) is 0. The van der Waals surface area contributed by atoms with Crippen LogP contribution in [0.15, 0.2) is 18.2 Å². The lowest BCUT2D eigenvalue weighted by molar-refractivity contribution is 0.817. The molecule has 2 heteroatoms. The van der Waals surface area contributed by atoms with Crippen LogP contribution in [0.5, 0.6) is 0 Å². The van der Waals surface area contributed by atoms with Crippen LogP contribution in [-0.2, 0) is 0 Å². The lowest BCUT2D eigenvalue weighted by atomic mass is 10.1. The van der Waals surface area contributed by atoms with E-state index in [2.05, 4.69) is 6.07 Å². The largest absolute Gasteiger partial charge is 0.399 e. The Morgan fingerprint density at radius 2 is 1.91 bits per heavy atom. The zero-order chi connectivity index (χ0) is 8.43. The van der Waals surface area contributed by atoms with Gasteiger partial charge in [0.2, 0.25) is 0 Å². The van der Waals surface area contributed by atoms with E-state index in [0.717, 1.165) is 16.8 Å². The van der Waals surface area contributed by atoms with Crippen LogP contribution in [-0.4, -0.2) is 0 Å². The van der Waals surface area contributed by atoms with Gasteiger partial charge in [-0.1, -0.05) is 6.07 Å². The van der Waals surface area contributed by atoms with Crippen LogP contribution < -0.4 is 11.5 Å². The van der Waals surface area contributed by atoms with Crippen LogP contribution in [0, 0.1) is 6.92 Å². The maximum atomic E-state index is 5.70. The van der Waals surface area contributed by atoms with Crippen molar-refractivity contribution < 1.29 is 0 Å². The van der Waals surface area contributed by atoms with Gasteiger partial charge in [0, 0.05) is 11.7 Å². The Bertz CT molecular complexity index is 233. The van der Waals surface area contributed by atoms with Crippen LogP contribution in [0.3, 0.4) is 0 Å². The maximum absolute atomic E-state index is 5.70. The number of rotatable bonds is 1. The molecule has 0 amide bonds. The van der Waals surface area contributed by atoms with Gasteiger partial charge in [0.05, 0.1) is 0 Å². The Balaban J connectivity index is 3.08. The first-order valence-corrected chi connectivity index (χ1v) is 3.72. The molecule has 0 saturated carbocycles. The van der Waals surface area contributed by atoms with Crippen LogP contribution >= 0.6 is 0 Å². The molecule has 1 aromatic rings. The highest BCUT2D eigenvalue weighted by atomic mass is 14.6. The first-order valence-electron chi connectivity index (χ1n) is 3.72. The van der Waals surface area contributed by atoms with Gasteiger partial charge < -0.3 is 11.5 Å². The van der Waals surface area contributed by atoms with Crippen molar-refractivity contribution in [3.05, 3.63) is 29.3 Å². The normalized spacial score (nSPS) is 13.0. The standard InChI is InChI=1S/C9H14N2/c1-6-3-8(7(2)10)5-9(11)4-6/h3-5,7H,10-11H2,1-2H3/t7-/m1/s1. The average Bonchev–Trinajstić information content (AvgIpc) is 1.85. The van der Waals surface area contributed by atoms with Gasteiger partial charge in [-0.15, -0.1) is 0 Å². The zero-order valence-corrected chi connectivity index (χ0v) is 6.96. The van der Waals surface area contributed by atoms with Gasteiger partial charge in [-0.2, -0.15) is 0 Å². The molecule has 11 heavy (non-hydrogen) atoms. The van der Waals surface area contributed by atoms with E-state index in [1.54, 1.807) is 0 Å². The molecule has 0 aliphatic carbocycles. The van der Waals surface area contributed by atoms with E-state index in [1.165, 1.54) is 0 Å². The van der Waals surface area contributed by atoms with Gasteiger partial charge in [0.25, 0.3) is 0 Å². The molecule has 0 aliphatic heterocycles. The SMILES string of the molecule is Cc1cc(N)cc([C@@H](C)N)c1. The molecule has 60 valence electrons. The summed E-state index contributed by atoms with van der Waals surface area (Å²) in [6, 6.07) is 5.97. The van der Waals surface area contributed by atoms with Crippen molar-refractivity contribution in [3.63, 3.8) is 0 Å². The number of nitrogens with two attached hydrogens (primary N) is 2. The smallest absolute Gasteiger partial charge is 0.0320 e. The molecule has 0 aliphatic rings. The predicted octanol–water partition coefficient (Wildman–Crippen LogP) is 1.60. The quantitative estimate of drug-likeness (QED) is 0.597. The molecule has 1 rings (SSSR count). The lowest BCUT2D eigenvalue weighted by Crippen LogP contribution is -2.05. The number of benzene rings is 1. The monoisotopic (exact) mass is 150 g/mol. The van der Waals surface area contributed by atoms with E-state index in [1.807, 2.05) is 26.0 Å². The Morgan fingerprint density at radius 1 is 1.27 bits per heavy atom. The minimum Gasteiger partial charge on any atom is -0.399 e. The molecule has 0 unspecified atom stereocenters. The van der Waals surface area contributed by atoms with Gasteiger partial charge in [-0.05, 0) is 37.1 Å². The van der Waals surface area contributed by atoms with Crippen molar-refractivity contribution in [1.82, 2.24) is 0 Å². The third-order valence-corrected chi connectivity index (χ3v) is 1.65. The molecule has 4 N–H and O–H groups in total. The van der Waals surface area contributed by atoms with Gasteiger partial charge in [-0.3, -0.25) is 0 Å². The Labute approximate surface area is 67.2 Å². The first-order chi connectivity index (χ1) is 5.09. The van der Waals surface area contributed by atoms with Gasteiger partial charge in [0.1, 0.15) is 0 Å². The van der Waals surface area contributed by atoms with E-state index >= 15 is 0 Å². The van der Waals surface area contributed by atoms with Crippen molar-refractivity contribution in [3.8, 4) is 0 Å². The molecule has 2 nitrogen and oxygen atoms in total. The molecule has 0 bridgehead atoms. The summed E-state index contributed by atoms with van der Waals surface area (Å²) >= 11 is 0. The number of hydrogen-bond donors (Lipinski definition) is 2. The molecule has 0 aromatic heterocycles. The van der Waals surface area contributed by atoms with E-state index in [9.17, 15) is 0 Å². The first kappa shape index (κ1) is 8.08. The highest BCUT2D eigenvalue weighted by molar-refractivity contribution is 5.45. The highest BCUT2D eigenvalue weighted by Crippen LogP contribution is 2.15. The molecule has 0 heterocycles. The Morgan fingerprint density at radius 3 is 2.36 bits per heavy atom. The van der Waals surface area contributed by atoms with Gasteiger partial charge in [-0.25, -0.2) is 0 Å². The fraction of sp³-hybridized carbons (Fsp3) is 0.333. The van der Waals surface area contributed by atoms with E-state index in [4.69, 9.17) is 11.5 Å². The molecule has 1 atom stereocenters. The van der Waals surface area contributed by atoms with Crippen LogP contribution in [0.4, 0.5) is 5.69 Å². The minimum absolute atomic E-state index is 0.0669. The highest BCUT2D eigenvalue weighted by Gasteiger charge is 1.99. The van der Waals surface area contributed by atoms with Gasteiger partial charge in [0.15, 0.2) is 0 Å². The second-order valence-corrected chi connectivity index (χ2v) is 2.97. The molecule has 1 aromatic carbocycles. The number of aryl methyl sites for hydroxylation is 1. The number of nitrogen functional groups attached to an aromatic ring is 1. The van der Waals surface area contributed by atoms with Crippen LogP contribution in [0.25, 0.3) is 0 Å². The van der Waals surface area contributed by atoms with Crippen molar-refractivity contribution >= 4 is 5.69 Å². The van der Waals surface area contributed by atoms with E-state index in [0.29, 0.717) is 0 Å². The summed E-state index contributed by atoms with van der Waals surface area (Å²) < 4.78 is 0. The van der Waals surface area contributed by atoms with E-state index < -0.39 is 0 Å². The van der Waals surface area contributed by atoms with Crippen molar-refractivity contribution in [2.45, 2.75) is 19.9 Å². The van der Waals surface area contributed by atoms with Crippen LogP contribution in [0.2, 0.25) is 0 Å². The molecular weight excluding hydrogens is 136 g/mol. The molecule has 0 radical (unpaired) electrons. The van der Waals surface area contributed by atoms with Crippen molar-refractivity contribution in [1.29, 1.82) is 0 Å². The zero-order valence-electron chi connectivity index (χ0n) is 6.96. The lowest BCUT2D eigenvalue weighted by Gasteiger charge is -2.07. The topological polar surface area (TPSA) is 52.0 Å². The van der Waals surface area contributed by atoms with Crippen LogP contribution in [0.1, 0.15) is 24.1 Å². The average molecular weight is 150 g/mol. The molecule has 0 spiro atoms. The summed E-state index contributed by atoms with van der Waals surface area (Å²) in [4.78, 5) is 0. The molecule has 0 saturated heterocycles. The fourth-order valence-electron chi connectivity index (χ4n) is 1.11. The Hall–Kier alpha value is -1.02. The second kappa shape index (κ2) is 2.93. The second-order valence-electron chi connectivity index (χ2n) is 2.97. The van der Waals surface area contributed by atoms with Crippen molar-refractivity contribution in [2.24, 2.45) is 5.73 Å². The van der Waals surface area contributed by atoms with Gasteiger partial charge >= 0.3 is 0 Å². The van der Waals surface area contributed by atoms with E-state index in [-0.39, 0.29) is 6.04 Å². The summed E-state index contributed by atoms with van der Waals surface area (Å²) in [5.41, 5.74) is 14.4. The minimum atomic E-state index is 0.0669. The third kappa shape index (κ3) is 1.95. The molecule has 0 fully saturated rings. The van der Waals surface area contributed by atoms with Crippen molar-refractivity contribution in [2.75, 3.05) is 5.73 Å². The fourth-order valence-corrected chi connectivity index (χ4v) is 1.11. The summed E-state index contributed by atoms with van der Waals surface area (Å²) in [5.74, 6) is 0. The summed E-state index contributed by atoms with van der Waals surface area (Å²) in [6.45, 7) is 3.97.